The third-order valence-corrected chi connectivity index (χ3v) is 2.80. The number of hydrogen-bond donors (Lipinski definition) is 2. The Bertz CT molecular complexity index is 495. The molecule has 1 unspecified atom stereocenters. The summed E-state index contributed by atoms with van der Waals surface area (Å²) in [7, 11) is 3.12. The van der Waals surface area contributed by atoms with Gasteiger partial charge in [0.15, 0.2) is 11.5 Å². The Labute approximate surface area is 124 Å². The summed E-state index contributed by atoms with van der Waals surface area (Å²) in [6.07, 6.45) is -0.887. The number of phenols is 2. The zero-order valence-corrected chi connectivity index (χ0v) is 13.1. The highest BCUT2D eigenvalue weighted by Gasteiger charge is 2.23. The number of ether oxygens (including phenoxy) is 2. The second-order valence-corrected chi connectivity index (χ2v) is 5.83. The molecule has 6 heteroatoms. The third kappa shape index (κ3) is 5.15. The Morgan fingerprint density at radius 1 is 1.29 bits per heavy atom. The van der Waals surface area contributed by atoms with Crippen molar-refractivity contribution in [1.29, 1.82) is 0 Å². The van der Waals surface area contributed by atoms with Gasteiger partial charge in [0.05, 0.1) is 12.6 Å². The molecule has 0 saturated heterocycles. The van der Waals surface area contributed by atoms with E-state index in [4.69, 9.17) is 9.47 Å². The molecule has 0 fully saturated rings. The highest BCUT2D eigenvalue weighted by molar-refractivity contribution is 5.67. The van der Waals surface area contributed by atoms with Crippen molar-refractivity contribution in [2.24, 2.45) is 0 Å². The average Bonchev–Trinajstić information content (AvgIpc) is 2.37. The van der Waals surface area contributed by atoms with Crippen molar-refractivity contribution >= 4 is 6.09 Å². The lowest BCUT2D eigenvalue weighted by Gasteiger charge is -2.27. The summed E-state index contributed by atoms with van der Waals surface area (Å²) in [6, 6.07) is 4.42. The summed E-state index contributed by atoms with van der Waals surface area (Å²) in [6.45, 7) is 5.65. The number of amides is 1. The molecule has 0 saturated carbocycles. The van der Waals surface area contributed by atoms with Crippen molar-refractivity contribution in [3.63, 3.8) is 0 Å². The van der Waals surface area contributed by atoms with Crippen LogP contribution in [0.4, 0.5) is 4.79 Å². The lowest BCUT2D eigenvalue weighted by atomic mass is 10.1. The number of carbonyl (C=O) groups excluding carboxylic acids is 1. The summed E-state index contributed by atoms with van der Waals surface area (Å²) in [5.41, 5.74) is 0.0910. The molecule has 6 nitrogen and oxygen atoms in total. The fourth-order valence-corrected chi connectivity index (χ4v) is 1.72. The van der Waals surface area contributed by atoms with Gasteiger partial charge in [0.1, 0.15) is 5.60 Å². The summed E-state index contributed by atoms with van der Waals surface area (Å²) in [5.74, 6) is -0.427. The molecule has 0 aliphatic heterocycles. The maximum absolute atomic E-state index is 11.9. The van der Waals surface area contributed by atoms with Gasteiger partial charge in [-0.25, -0.2) is 4.79 Å². The predicted octanol–water partition coefficient (Wildman–Crippen LogP) is 2.65. The zero-order valence-electron chi connectivity index (χ0n) is 13.1. The first-order chi connectivity index (χ1) is 9.64. The van der Waals surface area contributed by atoms with Gasteiger partial charge in [0.2, 0.25) is 0 Å². The fourth-order valence-electron chi connectivity index (χ4n) is 1.72. The molecule has 1 amide bonds. The van der Waals surface area contributed by atoms with E-state index in [2.05, 4.69) is 0 Å². The maximum atomic E-state index is 11.9. The summed E-state index contributed by atoms with van der Waals surface area (Å²) >= 11 is 0. The number of carbonyl (C=O) groups is 1. The van der Waals surface area contributed by atoms with Crippen LogP contribution in [0.1, 0.15) is 32.4 Å². The molecule has 21 heavy (non-hydrogen) atoms. The molecule has 0 heterocycles. The second-order valence-electron chi connectivity index (χ2n) is 5.83. The molecule has 0 bridgehead atoms. The standard InChI is InChI=1S/C15H23NO5/c1-15(2,3)21-14(19)16(4)9-13(20-5)10-6-7-11(17)12(18)8-10/h6-8,13,17-18H,9H2,1-5H3. The first-order valence-electron chi connectivity index (χ1n) is 6.63. The van der Waals surface area contributed by atoms with Gasteiger partial charge in [0.25, 0.3) is 0 Å². The molecule has 1 rings (SSSR count). The number of hydrogen-bond acceptors (Lipinski definition) is 5. The molecule has 1 atom stereocenters. The SMILES string of the molecule is COC(CN(C)C(=O)OC(C)(C)C)c1ccc(O)c(O)c1. The number of nitrogens with zero attached hydrogens (tertiary/aromatic N) is 1. The first kappa shape index (κ1) is 17.1. The number of benzene rings is 1. The number of rotatable bonds is 4. The van der Waals surface area contributed by atoms with Crippen LogP contribution in [0.5, 0.6) is 11.5 Å². The van der Waals surface area contributed by atoms with Gasteiger partial charge in [-0.1, -0.05) is 6.07 Å². The van der Waals surface area contributed by atoms with E-state index in [0.717, 1.165) is 0 Å². The van der Waals surface area contributed by atoms with E-state index < -0.39 is 17.8 Å². The minimum atomic E-state index is -0.565. The van der Waals surface area contributed by atoms with Gasteiger partial charge < -0.3 is 24.6 Å². The van der Waals surface area contributed by atoms with E-state index in [1.54, 1.807) is 33.9 Å². The van der Waals surface area contributed by atoms with Crippen LogP contribution in [0.15, 0.2) is 18.2 Å². The number of likely N-dealkylation sites (N-methyl/N-ethyl adjacent to an activating group) is 1. The monoisotopic (exact) mass is 297 g/mol. The zero-order chi connectivity index (χ0) is 16.2. The van der Waals surface area contributed by atoms with Gasteiger partial charge in [-0.2, -0.15) is 0 Å². The summed E-state index contributed by atoms with van der Waals surface area (Å²) in [5, 5.41) is 18.9. The average molecular weight is 297 g/mol. The van der Waals surface area contributed by atoms with Gasteiger partial charge in [-0.3, -0.25) is 0 Å². The number of methoxy groups -OCH3 is 1. The normalized spacial score (nSPS) is 12.8. The van der Waals surface area contributed by atoms with Crippen LogP contribution in [-0.4, -0.2) is 47.5 Å². The van der Waals surface area contributed by atoms with E-state index >= 15 is 0 Å². The van der Waals surface area contributed by atoms with Gasteiger partial charge in [0, 0.05) is 14.2 Å². The third-order valence-electron chi connectivity index (χ3n) is 2.80. The van der Waals surface area contributed by atoms with E-state index in [-0.39, 0.29) is 18.0 Å². The molecule has 2 N–H and O–H groups in total. The largest absolute Gasteiger partial charge is 0.504 e. The summed E-state index contributed by atoms with van der Waals surface area (Å²) < 4.78 is 10.6. The van der Waals surface area contributed by atoms with Crippen molar-refractivity contribution < 1.29 is 24.5 Å². The van der Waals surface area contributed by atoms with E-state index in [1.165, 1.54) is 24.1 Å². The Kier molecular flexibility index (Phi) is 5.43. The van der Waals surface area contributed by atoms with Crippen LogP contribution < -0.4 is 0 Å². The summed E-state index contributed by atoms with van der Waals surface area (Å²) in [4.78, 5) is 13.3. The van der Waals surface area contributed by atoms with Crippen LogP contribution in [0.25, 0.3) is 0 Å². The second kappa shape index (κ2) is 6.67. The van der Waals surface area contributed by atoms with Crippen molar-refractivity contribution in [3.05, 3.63) is 23.8 Å². The lowest BCUT2D eigenvalue weighted by molar-refractivity contribution is 0.0141. The lowest BCUT2D eigenvalue weighted by Crippen LogP contribution is -2.36. The minimum Gasteiger partial charge on any atom is -0.504 e. The molecule has 0 aliphatic rings. The Morgan fingerprint density at radius 3 is 2.38 bits per heavy atom. The Morgan fingerprint density at radius 2 is 1.90 bits per heavy atom. The van der Waals surface area contributed by atoms with E-state index in [1.807, 2.05) is 0 Å². The predicted molar refractivity (Wildman–Crippen MR) is 78.4 cm³/mol. The van der Waals surface area contributed by atoms with Crippen molar-refractivity contribution in [3.8, 4) is 11.5 Å². The van der Waals surface area contributed by atoms with Crippen LogP contribution in [0.3, 0.4) is 0 Å². The molecular weight excluding hydrogens is 274 g/mol. The number of aromatic hydroxyl groups is 2. The highest BCUT2D eigenvalue weighted by atomic mass is 16.6. The molecule has 1 aromatic rings. The molecular formula is C15H23NO5. The fraction of sp³-hybridized carbons (Fsp3) is 0.533. The molecule has 118 valence electrons. The molecule has 0 radical (unpaired) electrons. The van der Waals surface area contributed by atoms with Gasteiger partial charge in [-0.05, 0) is 38.5 Å². The van der Waals surface area contributed by atoms with Crippen molar-refractivity contribution in [2.75, 3.05) is 20.7 Å². The molecule has 0 aliphatic carbocycles. The van der Waals surface area contributed by atoms with Gasteiger partial charge in [-0.15, -0.1) is 0 Å². The van der Waals surface area contributed by atoms with Gasteiger partial charge >= 0.3 is 6.09 Å². The first-order valence-corrected chi connectivity index (χ1v) is 6.63. The topological polar surface area (TPSA) is 79.2 Å². The smallest absolute Gasteiger partial charge is 0.410 e. The van der Waals surface area contributed by atoms with E-state index in [0.29, 0.717) is 5.56 Å². The maximum Gasteiger partial charge on any atom is 0.410 e. The quantitative estimate of drug-likeness (QED) is 0.835. The van der Waals surface area contributed by atoms with Crippen LogP contribution >= 0.6 is 0 Å². The Balaban J connectivity index is 2.77. The highest BCUT2D eigenvalue weighted by Crippen LogP contribution is 2.29. The molecule has 1 aromatic carbocycles. The minimum absolute atomic E-state index is 0.200. The van der Waals surface area contributed by atoms with Crippen molar-refractivity contribution in [1.82, 2.24) is 4.90 Å². The van der Waals surface area contributed by atoms with Crippen molar-refractivity contribution in [2.45, 2.75) is 32.5 Å². The Hall–Kier alpha value is -1.95. The number of phenolic OH excluding ortho intramolecular Hbond substituents is 2. The van der Waals surface area contributed by atoms with Crippen LogP contribution in [0.2, 0.25) is 0 Å². The molecule has 0 aromatic heterocycles. The van der Waals surface area contributed by atoms with Crippen LogP contribution in [-0.2, 0) is 9.47 Å². The van der Waals surface area contributed by atoms with E-state index in [9.17, 15) is 15.0 Å². The molecule has 0 spiro atoms. The van der Waals surface area contributed by atoms with Crippen LogP contribution in [0, 0.1) is 0 Å².